The van der Waals surface area contributed by atoms with Gasteiger partial charge in [-0.05, 0) is 20.3 Å². The van der Waals surface area contributed by atoms with Crippen molar-refractivity contribution in [2.75, 3.05) is 0 Å². The van der Waals surface area contributed by atoms with Gasteiger partial charge >= 0.3 is 0 Å². The van der Waals surface area contributed by atoms with Crippen LogP contribution in [0.15, 0.2) is 30.3 Å². The average molecular weight is 277 g/mol. The van der Waals surface area contributed by atoms with E-state index in [1.54, 1.807) is 37.3 Å². The zero-order valence-electron chi connectivity index (χ0n) is 11.7. The maximum Gasteiger partial charge on any atom is 0.248 e. The highest BCUT2D eigenvalue weighted by atomic mass is 16.6. The van der Waals surface area contributed by atoms with E-state index in [-0.39, 0.29) is 30.0 Å². The van der Waals surface area contributed by atoms with Gasteiger partial charge in [0.1, 0.15) is 5.78 Å². The van der Waals surface area contributed by atoms with Crippen LogP contribution in [0.25, 0.3) is 0 Å². The Labute approximate surface area is 117 Å². The zero-order chi connectivity index (χ0) is 15.0. The Balaban J connectivity index is 2.46. The summed E-state index contributed by atoms with van der Waals surface area (Å²) in [6.07, 6.45) is 0.528. The Kier molecular flexibility index (Phi) is 3.65. The topological polar surface area (TPSA) is 80.4 Å². The largest absolute Gasteiger partial charge is 0.389 e. The van der Waals surface area contributed by atoms with Gasteiger partial charge < -0.3 is 5.11 Å². The first-order chi connectivity index (χ1) is 9.29. The van der Waals surface area contributed by atoms with Gasteiger partial charge in [0.2, 0.25) is 5.54 Å². The third kappa shape index (κ3) is 2.33. The first-order valence-corrected chi connectivity index (χ1v) is 6.72. The molecular weight excluding hydrogens is 258 g/mol. The molecule has 0 aliphatic heterocycles. The number of benzene rings is 1. The predicted octanol–water partition coefficient (Wildman–Crippen LogP) is 2.30. The lowest BCUT2D eigenvalue weighted by molar-refractivity contribution is -0.588. The summed E-state index contributed by atoms with van der Waals surface area (Å²) in [6, 6.07) is 8.77. The molecule has 108 valence electrons. The van der Waals surface area contributed by atoms with Crippen LogP contribution in [-0.2, 0) is 10.3 Å². The van der Waals surface area contributed by atoms with E-state index in [1.165, 1.54) is 6.92 Å². The smallest absolute Gasteiger partial charge is 0.248 e. The quantitative estimate of drug-likeness (QED) is 0.679. The van der Waals surface area contributed by atoms with Crippen LogP contribution in [0.1, 0.15) is 38.7 Å². The molecule has 2 rings (SSSR count). The molecule has 1 fully saturated rings. The van der Waals surface area contributed by atoms with Gasteiger partial charge in [0.25, 0.3) is 0 Å². The second-order valence-corrected chi connectivity index (χ2v) is 5.88. The van der Waals surface area contributed by atoms with Crippen LogP contribution in [0.2, 0.25) is 0 Å². The molecule has 0 spiro atoms. The van der Waals surface area contributed by atoms with Crippen molar-refractivity contribution in [3.05, 3.63) is 46.0 Å². The highest BCUT2D eigenvalue weighted by Crippen LogP contribution is 2.46. The Morgan fingerprint density at radius 2 is 1.95 bits per heavy atom. The number of carbonyl (C=O) groups excluding carboxylic acids is 1. The number of nitro groups is 1. The maximum absolute atomic E-state index is 11.8. The molecule has 0 amide bonds. The molecule has 1 aliphatic carbocycles. The van der Waals surface area contributed by atoms with Crippen LogP contribution < -0.4 is 0 Å². The average Bonchev–Trinajstić information content (AvgIpc) is 2.39. The van der Waals surface area contributed by atoms with E-state index in [0.29, 0.717) is 5.56 Å². The molecule has 0 saturated heterocycles. The molecule has 1 N–H and O–H groups in total. The summed E-state index contributed by atoms with van der Waals surface area (Å²) in [7, 11) is 0. The molecule has 0 aromatic heterocycles. The molecule has 5 heteroatoms. The monoisotopic (exact) mass is 277 g/mol. The Morgan fingerprint density at radius 1 is 1.35 bits per heavy atom. The van der Waals surface area contributed by atoms with E-state index in [1.807, 2.05) is 0 Å². The van der Waals surface area contributed by atoms with E-state index in [0.717, 1.165) is 0 Å². The molecule has 0 heterocycles. The fraction of sp³-hybridized carbons (Fsp3) is 0.533. The van der Waals surface area contributed by atoms with Crippen LogP contribution in [0.4, 0.5) is 0 Å². The van der Waals surface area contributed by atoms with Crippen LogP contribution in [0, 0.1) is 16.0 Å². The van der Waals surface area contributed by atoms with Crippen molar-refractivity contribution in [1.29, 1.82) is 0 Å². The highest BCUT2D eigenvalue weighted by Gasteiger charge is 2.55. The summed E-state index contributed by atoms with van der Waals surface area (Å²) < 4.78 is 0. The van der Waals surface area contributed by atoms with Gasteiger partial charge in [0.05, 0.1) is 11.5 Å². The van der Waals surface area contributed by atoms with Gasteiger partial charge in [-0.2, -0.15) is 0 Å². The van der Waals surface area contributed by atoms with Crippen LogP contribution in [0.5, 0.6) is 0 Å². The first-order valence-electron chi connectivity index (χ1n) is 6.72. The Morgan fingerprint density at radius 3 is 2.45 bits per heavy atom. The maximum atomic E-state index is 11.8. The number of carbonyl (C=O) groups is 1. The van der Waals surface area contributed by atoms with Gasteiger partial charge in [0, 0.05) is 23.3 Å². The number of Topliss-reactive ketones (excluding diaryl/α,β-unsaturated/α-hetero) is 1. The molecule has 0 bridgehead atoms. The summed E-state index contributed by atoms with van der Waals surface area (Å²) in [5, 5.41) is 22.0. The number of rotatable bonds is 3. The number of aliphatic hydroxyl groups is 1. The molecule has 0 unspecified atom stereocenters. The number of ketones is 1. The van der Waals surface area contributed by atoms with Crippen molar-refractivity contribution < 1.29 is 14.8 Å². The first kappa shape index (κ1) is 14.7. The summed E-state index contributed by atoms with van der Waals surface area (Å²) in [5.41, 5.74) is -1.84. The molecule has 3 atom stereocenters. The SMILES string of the molecule is CC(=O)[C@@H]1C[C@](c2ccccc2)([N+](=O)[O-])CC[C@]1(C)O. The van der Waals surface area contributed by atoms with Crippen molar-refractivity contribution in [1.82, 2.24) is 0 Å². The minimum Gasteiger partial charge on any atom is -0.389 e. The van der Waals surface area contributed by atoms with E-state index in [4.69, 9.17) is 0 Å². The van der Waals surface area contributed by atoms with Gasteiger partial charge in [-0.15, -0.1) is 0 Å². The molecule has 1 aromatic carbocycles. The van der Waals surface area contributed by atoms with Gasteiger partial charge in [-0.25, -0.2) is 0 Å². The van der Waals surface area contributed by atoms with E-state index in [9.17, 15) is 20.0 Å². The molecule has 1 aromatic rings. The Hall–Kier alpha value is -1.75. The van der Waals surface area contributed by atoms with Crippen molar-refractivity contribution in [3.8, 4) is 0 Å². The molecule has 0 radical (unpaired) electrons. The zero-order valence-corrected chi connectivity index (χ0v) is 11.7. The number of hydrogen-bond acceptors (Lipinski definition) is 4. The van der Waals surface area contributed by atoms with E-state index in [2.05, 4.69) is 0 Å². The van der Waals surface area contributed by atoms with Crippen molar-refractivity contribution in [3.63, 3.8) is 0 Å². The fourth-order valence-electron chi connectivity index (χ4n) is 3.16. The molecule has 5 nitrogen and oxygen atoms in total. The molecular formula is C15H19NO4. The van der Waals surface area contributed by atoms with Gasteiger partial charge in [-0.1, -0.05) is 30.3 Å². The normalized spacial score (nSPS) is 33.6. The second-order valence-electron chi connectivity index (χ2n) is 5.88. The van der Waals surface area contributed by atoms with Crippen LogP contribution >= 0.6 is 0 Å². The lowest BCUT2D eigenvalue weighted by atomic mass is 9.65. The minimum absolute atomic E-state index is 0.0480. The van der Waals surface area contributed by atoms with Gasteiger partial charge in [-0.3, -0.25) is 14.9 Å². The number of hydrogen-bond donors (Lipinski definition) is 1. The predicted molar refractivity (Wildman–Crippen MR) is 73.8 cm³/mol. The third-order valence-corrected chi connectivity index (χ3v) is 4.49. The molecule has 1 saturated carbocycles. The summed E-state index contributed by atoms with van der Waals surface area (Å²) in [4.78, 5) is 23.1. The van der Waals surface area contributed by atoms with E-state index >= 15 is 0 Å². The highest BCUT2D eigenvalue weighted by molar-refractivity contribution is 5.79. The standard InChI is InChI=1S/C15H19NO4/c1-11(17)13-10-15(16(19)20,9-8-14(13,2)18)12-6-4-3-5-7-12/h3-7,13,18H,8-10H2,1-2H3/t13-,14-,15+/m0/s1. The fourth-order valence-corrected chi connectivity index (χ4v) is 3.16. The second kappa shape index (κ2) is 4.98. The Bertz CT molecular complexity index is 526. The van der Waals surface area contributed by atoms with E-state index < -0.39 is 17.1 Å². The van der Waals surface area contributed by atoms with Crippen molar-refractivity contribution in [2.45, 2.75) is 44.2 Å². The lowest BCUT2D eigenvalue weighted by Gasteiger charge is -2.42. The lowest BCUT2D eigenvalue weighted by Crippen LogP contribution is -2.52. The summed E-state index contributed by atoms with van der Waals surface area (Å²) in [6.45, 7) is 2.98. The van der Waals surface area contributed by atoms with Gasteiger partial charge in [0.15, 0.2) is 0 Å². The summed E-state index contributed by atoms with van der Waals surface area (Å²) >= 11 is 0. The van der Waals surface area contributed by atoms with Crippen LogP contribution in [0.3, 0.4) is 0 Å². The van der Waals surface area contributed by atoms with Crippen LogP contribution in [-0.4, -0.2) is 21.4 Å². The number of nitrogens with zero attached hydrogens (tertiary/aromatic N) is 1. The van der Waals surface area contributed by atoms with Crippen molar-refractivity contribution >= 4 is 5.78 Å². The van der Waals surface area contributed by atoms with Crippen molar-refractivity contribution in [2.24, 2.45) is 5.92 Å². The molecule has 20 heavy (non-hydrogen) atoms. The minimum atomic E-state index is -1.28. The summed E-state index contributed by atoms with van der Waals surface area (Å²) in [5.74, 6) is -0.904. The molecule has 1 aliphatic rings. The third-order valence-electron chi connectivity index (χ3n) is 4.49.